The van der Waals surface area contributed by atoms with E-state index in [1.165, 1.54) is 72.8 Å². The van der Waals surface area contributed by atoms with Gasteiger partial charge in [0.2, 0.25) is 12.1 Å². The summed E-state index contributed by atoms with van der Waals surface area (Å²) in [7, 11) is 0. The van der Waals surface area contributed by atoms with E-state index in [4.69, 9.17) is 92.8 Å². The molecule has 0 radical (unpaired) electrons. The van der Waals surface area contributed by atoms with Gasteiger partial charge < -0.3 is 21.3 Å². The number of nitrogens with one attached hydrogen (secondary N) is 4. The molecular formula is C40H26Cl8N8O6. The minimum atomic E-state index is -1.69. The van der Waals surface area contributed by atoms with Crippen molar-refractivity contribution in [2.45, 2.75) is 25.9 Å². The molecule has 4 N–H and O–H groups in total. The molecule has 0 aliphatic rings. The second kappa shape index (κ2) is 21.3. The smallest absolute Gasteiger partial charge is 0.258 e. The number of hydrogen-bond acceptors (Lipinski definition) is 10. The van der Waals surface area contributed by atoms with Crippen molar-refractivity contribution in [1.29, 1.82) is 0 Å². The van der Waals surface area contributed by atoms with Crippen LogP contribution in [0.3, 0.4) is 0 Å². The fourth-order valence-electron chi connectivity index (χ4n) is 5.11. The Labute approximate surface area is 392 Å². The van der Waals surface area contributed by atoms with Crippen molar-refractivity contribution in [2.75, 3.05) is 21.3 Å². The number of halogens is 8. The lowest BCUT2D eigenvalue weighted by Crippen LogP contribution is -2.32. The summed E-state index contributed by atoms with van der Waals surface area (Å²) in [4.78, 5) is 77.5. The Bertz CT molecular complexity index is 2530. The number of rotatable bonds is 14. The average Bonchev–Trinajstić information content (AvgIpc) is 3.19. The number of ketones is 2. The highest BCUT2D eigenvalue weighted by molar-refractivity contribution is 6.43. The zero-order valence-corrected chi connectivity index (χ0v) is 37.5. The minimum absolute atomic E-state index is 0.0430. The highest BCUT2D eigenvalue weighted by Crippen LogP contribution is 2.34. The molecule has 318 valence electrons. The van der Waals surface area contributed by atoms with Crippen LogP contribution in [-0.4, -0.2) is 47.3 Å². The maximum absolute atomic E-state index is 13.3. The quantitative estimate of drug-likeness (QED) is 0.0630. The first-order chi connectivity index (χ1) is 29.3. The zero-order chi connectivity index (χ0) is 45.4. The van der Waals surface area contributed by atoms with Crippen LogP contribution in [0.1, 0.15) is 34.6 Å². The molecule has 0 saturated carbocycles. The fourth-order valence-corrected chi connectivity index (χ4v) is 6.58. The van der Waals surface area contributed by atoms with Gasteiger partial charge >= 0.3 is 0 Å². The highest BCUT2D eigenvalue weighted by atomic mass is 35.5. The van der Waals surface area contributed by atoms with Gasteiger partial charge in [-0.2, -0.15) is 20.5 Å². The van der Waals surface area contributed by atoms with Gasteiger partial charge in [0.05, 0.1) is 52.9 Å². The largest absolute Gasteiger partial charge is 0.322 e. The van der Waals surface area contributed by atoms with Crippen LogP contribution in [0, 0.1) is 0 Å². The minimum Gasteiger partial charge on any atom is -0.322 e. The Kier molecular flexibility index (Phi) is 16.4. The van der Waals surface area contributed by atoms with Gasteiger partial charge in [-0.05, 0) is 98.8 Å². The van der Waals surface area contributed by atoms with E-state index < -0.39 is 47.3 Å². The van der Waals surface area contributed by atoms with Crippen LogP contribution in [0.5, 0.6) is 0 Å². The average molecular weight is 998 g/mol. The number of amides is 4. The summed E-state index contributed by atoms with van der Waals surface area (Å²) in [6.07, 6.45) is 0. The summed E-state index contributed by atoms with van der Waals surface area (Å²) in [5.74, 6) is -4.48. The third kappa shape index (κ3) is 12.9. The topological polar surface area (TPSA) is 200 Å². The van der Waals surface area contributed by atoms with E-state index in [1.807, 2.05) is 0 Å². The molecule has 0 heterocycles. The molecular weight excluding hydrogens is 972 g/mol. The van der Waals surface area contributed by atoms with E-state index in [0.717, 1.165) is 13.8 Å². The summed E-state index contributed by atoms with van der Waals surface area (Å²) in [5, 5.41) is 26.9. The summed E-state index contributed by atoms with van der Waals surface area (Å²) in [6, 6.07) is 16.1. The molecule has 2 unspecified atom stereocenters. The van der Waals surface area contributed by atoms with E-state index in [0.29, 0.717) is 21.4 Å². The number of nitrogens with zero attached hydrogens (tertiary/aromatic N) is 4. The van der Waals surface area contributed by atoms with Crippen molar-refractivity contribution in [3.05, 3.63) is 136 Å². The van der Waals surface area contributed by atoms with Gasteiger partial charge in [-0.15, -0.1) is 0 Å². The van der Waals surface area contributed by atoms with Gasteiger partial charge in [-0.25, -0.2) is 0 Å². The predicted molar refractivity (Wildman–Crippen MR) is 243 cm³/mol. The van der Waals surface area contributed by atoms with E-state index in [1.54, 1.807) is 12.1 Å². The molecule has 62 heavy (non-hydrogen) atoms. The molecule has 5 aromatic rings. The first kappa shape index (κ1) is 47.9. The number of hydrogen-bond donors (Lipinski definition) is 4. The van der Waals surface area contributed by atoms with Gasteiger partial charge in [-0.3, -0.25) is 28.8 Å². The Balaban J connectivity index is 1.26. The Morgan fingerprint density at radius 1 is 0.435 bits per heavy atom. The monoisotopic (exact) mass is 994 g/mol. The standard InChI is InChI=1S/C40H26Cl8N8O6/c1-17(57)35(55-53-25-9-19(7-21(41)11-25)37(59)49-23-3-5-27(43)29(45)13-23)39(61)51-33-15-32(48)34(16-31(33)47)52-40(62)36(18(2)58)56-54-26-10-20(8-22(42)12-26)38(60)50-24-4-6-28(44)30(46)14-24/h3-16,35-36H,1-2H3,(H,49,59)(H,50,60)(H,51,61)(H,52,62). The van der Waals surface area contributed by atoms with E-state index >= 15 is 0 Å². The molecule has 5 aromatic carbocycles. The van der Waals surface area contributed by atoms with Crippen LogP contribution in [-0.2, 0) is 19.2 Å². The van der Waals surface area contributed by atoms with E-state index in [-0.39, 0.29) is 64.0 Å². The lowest BCUT2D eigenvalue weighted by atomic mass is 10.1. The van der Waals surface area contributed by atoms with Gasteiger partial charge in [0.1, 0.15) is 0 Å². The third-order valence-electron chi connectivity index (χ3n) is 8.06. The van der Waals surface area contributed by atoms with Crippen LogP contribution in [0.2, 0.25) is 40.2 Å². The van der Waals surface area contributed by atoms with Crippen molar-refractivity contribution in [3.8, 4) is 0 Å². The van der Waals surface area contributed by atoms with Gasteiger partial charge in [0.25, 0.3) is 23.6 Å². The second-order valence-corrected chi connectivity index (χ2v) is 16.1. The summed E-state index contributed by atoms with van der Waals surface area (Å²) in [5.41, 5.74) is 0.796. The van der Waals surface area contributed by atoms with Crippen molar-refractivity contribution in [2.24, 2.45) is 20.5 Å². The van der Waals surface area contributed by atoms with E-state index in [9.17, 15) is 28.8 Å². The van der Waals surface area contributed by atoms with Crippen molar-refractivity contribution in [1.82, 2.24) is 0 Å². The van der Waals surface area contributed by atoms with Crippen molar-refractivity contribution < 1.29 is 28.8 Å². The van der Waals surface area contributed by atoms with Gasteiger partial charge in [0, 0.05) is 32.5 Å². The molecule has 0 saturated heterocycles. The molecule has 0 aromatic heterocycles. The summed E-state index contributed by atoms with van der Waals surface area (Å²) >= 11 is 49.3. The Morgan fingerprint density at radius 3 is 1.15 bits per heavy atom. The Morgan fingerprint density at radius 2 is 0.806 bits per heavy atom. The number of Topliss-reactive ketones (excluding diaryl/α,β-unsaturated/α-hetero) is 2. The molecule has 14 nitrogen and oxygen atoms in total. The van der Waals surface area contributed by atoms with Crippen LogP contribution >= 0.6 is 92.8 Å². The summed E-state index contributed by atoms with van der Waals surface area (Å²) in [6.45, 7) is 2.21. The first-order valence-corrected chi connectivity index (χ1v) is 20.4. The molecule has 22 heteroatoms. The normalized spacial score (nSPS) is 12.2. The first-order valence-electron chi connectivity index (χ1n) is 17.3. The molecule has 5 rings (SSSR count). The highest BCUT2D eigenvalue weighted by Gasteiger charge is 2.27. The zero-order valence-electron chi connectivity index (χ0n) is 31.5. The second-order valence-electron chi connectivity index (χ2n) is 12.8. The lowest BCUT2D eigenvalue weighted by molar-refractivity contribution is -0.127. The Hall–Kier alpha value is -5.16. The van der Waals surface area contributed by atoms with Crippen molar-refractivity contribution >= 4 is 162 Å². The van der Waals surface area contributed by atoms with Gasteiger partial charge in [0.15, 0.2) is 11.6 Å². The maximum atomic E-state index is 13.3. The molecule has 0 aliphatic carbocycles. The third-order valence-corrected chi connectivity index (χ3v) is 10.6. The molecule has 0 bridgehead atoms. The van der Waals surface area contributed by atoms with Crippen molar-refractivity contribution in [3.63, 3.8) is 0 Å². The van der Waals surface area contributed by atoms with Crippen LogP contribution < -0.4 is 21.3 Å². The molecule has 0 aliphatic heterocycles. The van der Waals surface area contributed by atoms with Gasteiger partial charge in [-0.1, -0.05) is 92.8 Å². The number of anilines is 4. The van der Waals surface area contributed by atoms with Crippen LogP contribution in [0.4, 0.5) is 34.1 Å². The molecule has 2 atom stereocenters. The van der Waals surface area contributed by atoms with E-state index in [2.05, 4.69) is 41.7 Å². The maximum Gasteiger partial charge on any atom is 0.258 e. The predicted octanol–water partition coefficient (Wildman–Crippen LogP) is 12.8. The van der Waals surface area contributed by atoms with Crippen LogP contribution in [0.15, 0.2) is 105 Å². The fraction of sp³-hybridized carbons (Fsp3) is 0.100. The molecule has 0 spiro atoms. The molecule has 4 amide bonds. The number of carbonyl (C=O) groups is 6. The van der Waals surface area contributed by atoms with Crippen LogP contribution in [0.25, 0.3) is 0 Å². The SMILES string of the molecule is CC(=O)C(N=Nc1cc(Cl)cc(C(=O)Nc2ccc(Cl)c(Cl)c2)c1)C(=O)Nc1cc(Cl)c(NC(=O)C(N=Nc2cc(Cl)cc(C(=O)Nc3ccc(Cl)c(Cl)c3)c2)C(C)=O)cc1Cl. The number of carbonyl (C=O) groups excluding carboxylic acids is 6. The summed E-state index contributed by atoms with van der Waals surface area (Å²) < 4.78 is 0. The number of azo groups is 2. The molecule has 0 fully saturated rings. The number of benzene rings is 5. The lowest BCUT2D eigenvalue weighted by Gasteiger charge is -2.15.